The van der Waals surface area contributed by atoms with E-state index >= 15 is 0 Å². The maximum Gasteiger partial charge on any atom is 0.259 e. The summed E-state index contributed by atoms with van der Waals surface area (Å²) in [6.07, 6.45) is 1.52. The minimum Gasteiger partial charge on any atom is -0.489 e. The van der Waals surface area contributed by atoms with Crippen LogP contribution in [0.3, 0.4) is 0 Å². The summed E-state index contributed by atoms with van der Waals surface area (Å²) in [5, 5.41) is 6.48. The molecule has 3 rings (SSSR count). The Labute approximate surface area is 183 Å². The van der Waals surface area contributed by atoms with Crippen molar-refractivity contribution in [3.63, 3.8) is 0 Å². The molecule has 0 heterocycles. The molecule has 0 aliphatic rings. The molecule has 2 N–H and O–H groups in total. The molecule has 0 aliphatic heterocycles. The van der Waals surface area contributed by atoms with Gasteiger partial charge in [-0.25, -0.2) is 5.43 Å². The second kappa shape index (κ2) is 10.9. The Morgan fingerprint density at radius 2 is 1.77 bits per heavy atom. The first-order valence-corrected chi connectivity index (χ1v) is 10.0. The van der Waals surface area contributed by atoms with Crippen molar-refractivity contribution in [2.75, 3.05) is 6.54 Å². The van der Waals surface area contributed by atoms with Gasteiger partial charge in [0, 0.05) is 10.0 Å². The van der Waals surface area contributed by atoms with E-state index in [0.29, 0.717) is 17.9 Å². The van der Waals surface area contributed by atoms with Gasteiger partial charge in [0.25, 0.3) is 11.8 Å². The highest BCUT2D eigenvalue weighted by Crippen LogP contribution is 2.14. The SMILES string of the molecule is O=C(CNC(=O)c1cccc(Br)c1)N/N=C/c1cccc(OCc2ccccc2)c1. The number of ether oxygens (including phenoxy) is 1. The topological polar surface area (TPSA) is 79.8 Å². The smallest absolute Gasteiger partial charge is 0.259 e. The third-order valence-corrected chi connectivity index (χ3v) is 4.50. The monoisotopic (exact) mass is 465 g/mol. The summed E-state index contributed by atoms with van der Waals surface area (Å²) >= 11 is 3.31. The number of benzene rings is 3. The van der Waals surface area contributed by atoms with Gasteiger partial charge in [-0.2, -0.15) is 5.10 Å². The summed E-state index contributed by atoms with van der Waals surface area (Å²) in [6.45, 7) is 0.290. The lowest BCUT2D eigenvalue weighted by molar-refractivity contribution is -0.120. The maximum absolute atomic E-state index is 12.0. The number of nitrogens with one attached hydrogen (secondary N) is 2. The standard InChI is InChI=1S/C23H20BrN3O3/c24-20-10-5-9-19(13-20)23(29)25-15-22(28)27-26-14-18-8-4-11-21(12-18)30-16-17-6-2-1-3-7-17/h1-14H,15-16H2,(H,25,29)(H,27,28)/b26-14+. The molecule has 0 fully saturated rings. The zero-order chi connectivity index (χ0) is 21.2. The fraction of sp³-hybridized carbons (Fsp3) is 0.0870. The average Bonchev–Trinajstić information content (AvgIpc) is 2.77. The van der Waals surface area contributed by atoms with Gasteiger partial charge in [0.15, 0.2) is 0 Å². The van der Waals surface area contributed by atoms with Crippen LogP contribution in [-0.2, 0) is 11.4 Å². The molecule has 0 radical (unpaired) electrons. The van der Waals surface area contributed by atoms with E-state index in [0.717, 1.165) is 15.6 Å². The van der Waals surface area contributed by atoms with Crippen LogP contribution in [0.2, 0.25) is 0 Å². The number of halogens is 1. The number of amides is 2. The molecule has 0 spiro atoms. The van der Waals surface area contributed by atoms with Crippen LogP contribution in [0.4, 0.5) is 0 Å². The highest BCUT2D eigenvalue weighted by atomic mass is 79.9. The van der Waals surface area contributed by atoms with Crippen LogP contribution < -0.4 is 15.5 Å². The summed E-state index contributed by atoms with van der Waals surface area (Å²) in [5.74, 6) is -0.0554. The van der Waals surface area contributed by atoms with Gasteiger partial charge >= 0.3 is 0 Å². The number of carbonyl (C=O) groups excluding carboxylic acids is 2. The first kappa shape index (κ1) is 21.3. The molecule has 7 heteroatoms. The van der Waals surface area contributed by atoms with Gasteiger partial charge in [-0.1, -0.05) is 64.5 Å². The molecule has 3 aromatic carbocycles. The summed E-state index contributed by atoms with van der Waals surface area (Å²) < 4.78 is 6.57. The Hall–Kier alpha value is -3.45. The van der Waals surface area contributed by atoms with Crippen LogP contribution in [0, 0.1) is 0 Å². The molecule has 6 nitrogen and oxygen atoms in total. The van der Waals surface area contributed by atoms with Crippen LogP contribution in [0.5, 0.6) is 5.75 Å². The third kappa shape index (κ3) is 6.86. The Morgan fingerprint density at radius 3 is 2.57 bits per heavy atom. The van der Waals surface area contributed by atoms with Crippen molar-refractivity contribution in [3.05, 3.63) is 100 Å². The molecule has 0 aromatic heterocycles. The summed E-state index contributed by atoms with van der Waals surface area (Å²) in [5.41, 5.74) is 4.71. The van der Waals surface area contributed by atoms with Crippen molar-refractivity contribution >= 4 is 34.0 Å². The highest BCUT2D eigenvalue weighted by Gasteiger charge is 2.07. The van der Waals surface area contributed by atoms with Crippen molar-refractivity contribution in [3.8, 4) is 5.75 Å². The van der Waals surface area contributed by atoms with Gasteiger partial charge in [-0.05, 0) is 41.5 Å². The molecule has 2 amide bonds. The van der Waals surface area contributed by atoms with Crippen LogP contribution in [0.25, 0.3) is 0 Å². The molecule has 0 unspecified atom stereocenters. The van der Waals surface area contributed by atoms with Crippen LogP contribution >= 0.6 is 15.9 Å². The third-order valence-electron chi connectivity index (χ3n) is 4.01. The number of carbonyl (C=O) groups is 2. The lowest BCUT2D eigenvalue weighted by Gasteiger charge is -2.07. The molecule has 0 bridgehead atoms. The minimum atomic E-state index is -0.425. The number of hydrogen-bond donors (Lipinski definition) is 2. The van der Waals surface area contributed by atoms with Gasteiger partial charge in [-0.3, -0.25) is 9.59 Å². The van der Waals surface area contributed by atoms with E-state index < -0.39 is 5.91 Å². The Morgan fingerprint density at radius 1 is 0.967 bits per heavy atom. The number of hydrogen-bond acceptors (Lipinski definition) is 4. The number of nitrogens with zero attached hydrogens (tertiary/aromatic N) is 1. The van der Waals surface area contributed by atoms with Crippen LogP contribution in [-0.4, -0.2) is 24.6 Å². The zero-order valence-electron chi connectivity index (χ0n) is 16.0. The van der Waals surface area contributed by atoms with E-state index in [-0.39, 0.29) is 12.5 Å². The largest absolute Gasteiger partial charge is 0.489 e. The van der Waals surface area contributed by atoms with E-state index in [1.807, 2.05) is 60.7 Å². The predicted molar refractivity (Wildman–Crippen MR) is 119 cm³/mol. The normalized spacial score (nSPS) is 10.6. The number of hydrazone groups is 1. The van der Waals surface area contributed by atoms with Gasteiger partial charge in [0.05, 0.1) is 12.8 Å². The second-order valence-corrected chi connectivity index (χ2v) is 7.25. The van der Waals surface area contributed by atoms with Crippen LogP contribution in [0.1, 0.15) is 21.5 Å². The van der Waals surface area contributed by atoms with E-state index in [4.69, 9.17) is 4.74 Å². The maximum atomic E-state index is 12.0. The summed E-state index contributed by atoms with van der Waals surface area (Å²) in [7, 11) is 0. The Kier molecular flexibility index (Phi) is 7.74. The summed E-state index contributed by atoms with van der Waals surface area (Å²) in [4.78, 5) is 23.9. The van der Waals surface area contributed by atoms with Gasteiger partial charge in [0.1, 0.15) is 12.4 Å². The Balaban J connectivity index is 1.45. The first-order chi connectivity index (χ1) is 14.6. The molecule has 0 atom stereocenters. The molecule has 0 saturated carbocycles. The predicted octanol–water partition coefficient (Wildman–Crippen LogP) is 3.91. The lowest BCUT2D eigenvalue weighted by Crippen LogP contribution is -2.34. The van der Waals surface area contributed by atoms with Crippen molar-refractivity contribution in [2.24, 2.45) is 5.10 Å². The lowest BCUT2D eigenvalue weighted by atomic mass is 10.2. The molecule has 152 valence electrons. The molecular weight excluding hydrogens is 446 g/mol. The van der Waals surface area contributed by atoms with E-state index in [2.05, 4.69) is 31.8 Å². The zero-order valence-corrected chi connectivity index (χ0v) is 17.6. The van der Waals surface area contributed by atoms with Crippen molar-refractivity contribution in [2.45, 2.75) is 6.61 Å². The molecule has 3 aromatic rings. The fourth-order valence-corrected chi connectivity index (χ4v) is 2.94. The first-order valence-electron chi connectivity index (χ1n) is 9.22. The second-order valence-electron chi connectivity index (χ2n) is 6.33. The van der Waals surface area contributed by atoms with Crippen molar-refractivity contribution < 1.29 is 14.3 Å². The minimum absolute atomic E-state index is 0.178. The van der Waals surface area contributed by atoms with Crippen molar-refractivity contribution in [1.29, 1.82) is 0 Å². The van der Waals surface area contributed by atoms with Gasteiger partial charge in [0.2, 0.25) is 0 Å². The average molecular weight is 466 g/mol. The van der Waals surface area contributed by atoms with E-state index in [9.17, 15) is 9.59 Å². The quantitative estimate of drug-likeness (QED) is 0.390. The molecule has 0 aliphatic carbocycles. The van der Waals surface area contributed by atoms with Crippen LogP contribution in [0.15, 0.2) is 88.4 Å². The number of rotatable bonds is 8. The molecule has 30 heavy (non-hydrogen) atoms. The summed E-state index contributed by atoms with van der Waals surface area (Å²) in [6, 6.07) is 24.2. The fourth-order valence-electron chi connectivity index (χ4n) is 2.54. The highest BCUT2D eigenvalue weighted by molar-refractivity contribution is 9.10. The van der Waals surface area contributed by atoms with Gasteiger partial charge < -0.3 is 10.1 Å². The molecular formula is C23H20BrN3O3. The van der Waals surface area contributed by atoms with Gasteiger partial charge in [-0.15, -0.1) is 0 Å². The van der Waals surface area contributed by atoms with E-state index in [1.165, 1.54) is 6.21 Å². The Bertz CT molecular complexity index is 1040. The molecule has 0 saturated heterocycles. The van der Waals surface area contributed by atoms with E-state index in [1.54, 1.807) is 18.2 Å². The van der Waals surface area contributed by atoms with Crippen molar-refractivity contribution in [1.82, 2.24) is 10.7 Å².